The maximum atomic E-state index is 12.8. The Balaban J connectivity index is 2.04. The van der Waals surface area contributed by atoms with Gasteiger partial charge in [-0.3, -0.25) is 4.79 Å². The number of carbonyl (C=O) groups excluding carboxylic acids is 1. The van der Waals surface area contributed by atoms with Crippen LogP contribution in [0.2, 0.25) is 0 Å². The van der Waals surface area contributed by atoms with Crippen LogP contribution in [0.5, 0.6) is 5.88 Å². The van der Waals surface area contributed by atoms with E-state index in [1.165, 1.54) is 5.56 Å². The quantitative estimate of drug-likeness (QED) is 0.821. The van der Waals surface area contributed by atoms with Crippen molar-refractivity contribution in [3.05, 3.63) is 70.4 Å². The number of rotatable bonds is 2. The average Bonchev–Trinajstić information content (AvgIpc) is 2.63. The average molecular weight is 350 g/mol. The summed E-state index contributed by atoms with van der Waals surface area (Å²) in [5, 5.41) is 3.07. The lowest BCUT2D eigenvalue weighted by atomic mass is 9.92. The highest BCUT2D eigenvalue weighted by atomic mass is 16.5. The van der Waals surface area contributed by atoms with Crippen LogP contribution in [-0.2, 0) is 13.0 Å². The molecule has 1 unspecified atom stereocenters. The van der Waals surface area contributed by atoms with E-state index in [0.717, 1.165) is 35.2 Å². The predicted molar refractivity (Wildman–Crippen MR) is 104 cm³/mol. The summed E-state index contributed by atoms with van der Waals surface area (Å²) < 4.78 is 5.78. The van der Waals surface area contributed by atoms with Gasteiger partial charge in [0.05, 0.1) is 6.61 Å². The third-order valence-corrected chi connectivity index (χ3v) is 4.74. The molecule has 3 rings (SSSR count). The molecule has 4 heteroatoms. The first-order valence-corrected chi connectivity index (χ1v) is 9.24. The van der Waals surface area contributed by atoms with E-state index in [4.69, 9.17) is 4.74 Å². The molecule has 26 heavy (non-hydrogen) atoms. The minimum absolute atomic E-state index is 0.0591. The van der Waals surface area contributed by atoms with Crippen LogP contribution >= 0.6 is 0 Å². The van der Waals surface area contributed by atoms with Gasteiger partial charge in [-0.15, -0.1) is 0 Å². The van der Waals surface area contributed by atoms with Crippen LogP contribution in [0, 0.1) is 6.92 Å². The minimum Gasteiger partial charge on any atom is -0.478 e. The molecule has 1 aliphatic rings. The van der Waals surface area contributed by atoms with Gasteiger partial charge in [0.2, 0.25) is 5.88 Å². The van der Waals surface area contributed by atoms with E-state index in [9.17, 15) is 4.79 Å². The van der Waals surface area contributed by atoms with Crippen molar-refractivity contribution in [3.63, 3.8) is 0 Å². The standard InChI is InChI=1S/C22H26N2O2/c1-4-26-22-20-14-23-21(25)18-12-8-7-11-17(18)10-6-5-9-15(2)19(20)13-16(3)24-22/h5-8,11-13,15H,4,9-10,14H2,1-3H3,(H,23,25)/b6-5-. The van der Waals surface area contributed by atoms with Crippen LogP contribution in [0.4, 0.5) is 0 Å². The summed E-state index contributed by atoms with van der Waals surface area (Å²) >= 11 is 0. The van der Waals surface area contributed by atoms with E-state index in [-0.39, 0.29) is 5.91 Å². The molecule has 1 atom stereocenters. The van der Waals surface area contributed by atoms with Gasteiger partial charge in [0.25, 0.3) is 5.91 Å². The van der Waals surface area contributed by atoms with E-state index < -0.39 is 0 Å². The van der Waals surface area contributed by atoms with Crippen molar-refractivity contribution in [2.45, 2.75) is 46.1 Å². The van der Waals surface area contributed by atoms with Gasteiger partial charge in [0.15, 0.2) is 0 Å². The maximum Gasteiger partial charge on any atom is 0.251 e. The molecule has 0 spiro atoms. The third kappa shape index (κ3) is 3.96. The zero-order chi connectivity index (χ0) is 18.5. The number of allylic oxidation sites excluding steroid dienone is 2. The smallest absolute Gasteiger partial charge is 0.251 e. The van der Waals surface area contributed by atoms with Crippen molar-refractivity contribution in [2.75, 3.05) is 6.61 Å². The molecule has 0 bridgehead atoms. The van der Waals surface area contributed by atoms with Crippen LogP contribution in [0.25, 0.3) is 0 Å². The largest absolute Gasteiger partial charge is 0.478 e. The highest BCUT2D eigenvalue weighted by molar-refractivity contribution is 5.95. The topological polar surface area (TPSA) is 51.2 Å². The van der Waals surface area contributed by atoms with E-state index in [0.29, 0.717) is 24.9 Å². The van der Waals surface area contributed by atoms with Gasteiger partial charge in [-0.1, -0.05) is 37.3 Å². The Hall–Kier alpha value is -2.62. The van der Waals surface area contributed by atoms with Gasteiger partial charge in [-0.25, -0.2) is 4.98 Å². The fourth-order valence-electron chi connectivity index (χ4n) is 3.39. The molecule has 2 aromatic rings. The molecule has 0 aliphatic carbocycles. The molecular formula is C22H26N2O2. The zero-order valence-electron chi connectivity index (χ0n) is 15.7. The molecule has 0 saturated heterocycles. The summed E-state index contributed by atoms with van der Waals surface area (Å²) in [6.07, 6.45) is 6.07. The number of ether oxygens (including phenoxy) is 1. The summed E-state index contributed by atoms with van der Waals surface area (Å²) in [7, 11) is 0. The van der Waals surface area contributed by atoms with E-state index in [1.54, 1.807) is 0 Å². The number of hydrogen-bond donors (Lipinski definition) is 1. The molecule has 1 aromatic carbocycles. The molecule has 136 valence electrons. The highest BCUT2D eigenvalue weighted by Crippen LogP contribution is 2.30. The minimum atomic E-state index is -0.0591. The maximum absolute atomic E-state index is 12.8. The number of pyridine rings is 1. The number of hydrogen-bond acceptors (Lipinski definition) is 3. The summed E-state index contributed by atoms with van der Waals surface area (Å²) in [4.78, 5) is 17.3. The van der Waals surface area contributed by atoms with Crippen molar-refractivity contribution in [2.24, 2.45) is 0 Å². The van der Waals surface area contributed by atoms with E-state index in [1.807, 2.05) is 38.1 Å². The number of benzene rings is 1. The van der Waals surface area contributed by atoms with Crippen LogP contribution in [0.1, 0.15) is 58.9 Å². The fourth-order valence-corrected chi connectivity index (χ4v) is 3.39. The molecule has 0 radical (unpaired) electrons. The lowest BCUT2D eigenvalue weighted by Gasteiger charge is -2.20. The van der Waals surface area contributed by atoms with Gasteiger partial charge in [-0.2, -0.15) is 0 Å². The molecule has 0 saturated carbocycles. The summed E-state index contributed by atoms with van der Waals surface area (Å²) in [6.45, 7) is 7.11. The number of amides is 1. The molecule has 1 amide bonds. The second-order valence-electron chi connectivity index (χ2n) is 6.72. The number of fused-ring (bicyclic) bond motifs is 2. The first-order chi connectivity index (χ1) is 12.6. The van der Waals surface area contributed by atoms with Gasteiger partial charge in [0, 0.05) is 23.4 Å². The Morgan fingerprint density at radius 3 is 2.88 bits per heavy atom. The van der Waals surface area contributed by atoms with Crippen LogP contribution in [0.3, 0.4) is 0 Å². The zero-order valence-corrected chi connectivity index (χ0v) is 15.7. The summed E-state index contributed by atoms with van der Waals surface area (Å²) in [5.74, 6) is 0.897. The molecule has 1 aliphatic heterocycles. The van der Waals surface area contributed by atoms with Gasteiger partial charge in [0.1, 0.15) is 0 Å². The van der Waals surface area contributed by atoms with Crippen molar-refractivity contribution in [3.8, 4) is 5.88 Å². The Labute approximate surface area is 155 Å². The van der Waals surface area contributed by atoms with E-state index >= 15 is 0 Å². The molecule has 1 N–H and O–H groups in total. The number of aromatic nitrogens is 1. The lowest BCUT2D eigenvalue weighted by Crippen LogP contribution is -2.25. The van der Waals surface area contributed by atoms with Crippen molar-refractivity contribution in [1.29, 1.82) is 0 Å². The fraction of sp³-hybridized carbons (Fsp3) is 0.364. The molecule has 0 fully saturated rings. The number of nitrogens with one attached hydrogen (secondary N) is 1. The van der Waals surface area contributed by atoms with Crippen molar-refractivity contribution < 1.29 is 9.53 Å². The van der Waals surface area contributed by atoms with Gasteiger partial charge >= 0.3 is 0 Å². The molecular weight excluding hydrogens is 324 g/mol. The van der Waals surface area contributed by atoms with E-state index in [2.05, 4.69) is 35.4 Å². The first-order valence-electron chi connectivity index (χ1n) is 9.24. The van der Waals surface area contributed by atoms with Gasteiger partial charge < -0.3 is 10.1 Å². The molecule has 2 heterocycles. The lowest BCUT2D eigenvalue weighted by molar-refractivity contribution is 0.0949. The number of aryl methyl sites for hydroxylation is 1. The predicted octanol–water partition coefficient (Wildman–Crippen LogP) is 4.32. The highest BCUT2D eigenvalue weighted by Gasteiger charge is 2.19. The van der Waals surface area contributed by atoms with Crippen molar-refractivity contribution in [1.82, 2.24) is 10.3 Å². The number of carbonyl (C=O) groups is 1. The second-order valence-corrected chi connectivity index (χ2v) is 6.72. The summed E-state index contributed by atoms with van der Waals surface area (Å²) in [6, 6.07) is 9.88. The summed E-state index contributed by atoms with van der Waals surface area (Å²) in [5.41, 5.74) is 4.88. The third-order valence-electron chi connectivity index (χ3n) is 4.74. The first kappa shape index (κ1) is 18.2. The van der Waals surface area contributed by atoms with Gasteiger partial charge in [-0.05, 0) is 55.9 Å². The SMILES string of the molecule is CCOc1nc(C)cc2c1CNC(=O)c1ccccc1C/C=C\CC2C. The second kappa shape index (κ2) is 8.17. The van der Waals surface area contributed by atoms with Crippen molar-refractivity contribution >= 4 is 5.91 Å². The Morgan fingerprint density at radius 1 is 1.27 bits per heavy atom. The normalized spacial score (nSPS) is 18.6. The monoisotopic (exact) mass is 350 g/mol. The molecule has 4 nitrogen and oxygen atoms in total. The van der Waals surface area contributed by atoms with Crippen LogP contribution in [-0.4, -0.2) is 17.5 Å². The van der Waals surface area contributed by atoms with Crippen LogP contribution in [0.15, 0.2) is 42.5 Å². The number of nitrogens with zero attached hydrogens (tertiary/aromatic N) is 1. The Morgan fingerprint density at radius 2 is 2.08 bits per heavy atom. The molecule has 1 aromatic heterocycles. The van der Waals surface area contributed by atoms with Crippen LogP contribution < -0.4 is 10.1 Å². The Bertz CT molecular complexity index is 827. The Kier molecular flexibility index (Phi) is 5.71.